The molecule has 0 aliphatic heterocycles. The van der Waals surface area contributed by atoms with E-state index >= 15 is 0 Å². The van der Waals surface area contributed by atoms with Gasteiger partial charge < -0.3 is 14.7 Å². The largest absolute Gasteiger partial charge is 0.395 e. The van der Waals surface area contributed by atoms with Crippen LogP contribution in [0.4, 0.5) is 5.82 Å². The number of halogens is 1. The van der Waals surface area contributed by atoms with E-state index in [1.165, 1.54) is 0 Å². The van der Waals surface area contributed by atoms with Gasteiger partial charge in [0, 0.05) is 26.4 Å². The number of aliphatic hydroxyl groups is 1. The molecular formula is C9H14ClN3O2. The van der Waals surface area contributed by atoms with E-state index in [2.05, 4.69) is 9.97 Å². The van der Waals surface area contributed by atoms with Crippen molar-refractivity contribution < 1.29 is 9.84 Å². The molecule has 0 fully saturated rings. The van der Waals surface area contributed by atoms with E-state index < -0.39 is 0 Å². The summed E-state index contributed by atoms with van der Waals surface area (Å²) in [6.45, 7) is 1.79. The fraction of sp³-hybridized carbons (Fsp3) is 0.556. The molecule has 0 unspecified atom stereocenters. The first kappa shape index (κ1) is 12.2. The van der Waals surface area contributed by atoms with Crippen LogP contribution >= 0.6 is 11.6 Å². The van der Waals surface area contributed by atoms with Crippen molar-refractivity contribution in [1.29, 1.82) is 0 Å². The van der Waals surface area contributed by atoms with Gasteiger partial charge in [-0.15, -0.1) is 0 Å². The summed E-state index contributed by atoms with van der Waals surface area (Å²) < 4.78 is 4.97. The lowest BCUT2D eigenvalue weighted by Crippen LogP contribution is -2.30. The second kappa shape index (κ2) is 6.55. The molecule has 0 aliphatic rings. The summed E-state index contributed by atoms with van der Waals surface area (Å²) in [5.74, 6) is 0.695. The lowest BCUT2D eigenvalue weighted by molar-refractivity contribution is 0.202. The number of anilines is 1. The van der Waals surface area contributed by atoms with Crippen LogP contribution in [0.15, 0.2) is 12.3 Å². The van der Waals surface area contributed by atoms with Crippen LogP contribution < -0.4 is 4.90 Å². The Bertz CT molecular complexity index is 298. The second-order valence-electron chi connectivity index (χ2n) is 2.89. The highest BCUT2D eigenvalue weighted by Crippen LogP contribution is 2.11. The van der Waals surface area contributed by atoms with Crippen molar-refractivity contribution in [3.63, 3.8) is 0 Å². The lowest BCUT2D eigenvalue weighted by atomic mass is 10.4. The number of rotatable bonds is 6. The average molecular weight is 232 g/mol. The van der Waals surface area contributed by atoms with Crippen molar-refractivity contribution in [2.75, 3.05) is 38.3 Å². The molecular weight excluding hydrogens is 218 g/mol. The molecule has 1 heterocycles. The minimum atomic E-state index is 0.0608. The summed E-state index contributed by atoms with van der Waals surface area (Å²) in [7, 11) is 1.63. The smallest absolute Gasteiger partial charge is 0.224 e. The summed E-state index contributed by atoms with van der Waals surface area (Å²) in [5, 5.41) is 9.11. The zero-order valence-corrected chi connectivity index (χ0v) is 9.31. The van der Waals surface area contributed by atoms with Gasteiger partial charge in [-0.05, 0) is 17.7 Å². The molecule has 1 aromatic rings. The van der Waals surface area contributed by atoms with E-state index in [-0.39, 0.29) is 11.9 Å². The highest BCUT2D eigenvalue weighted by atomic mass is 35.5. The topological polar surface area (TPSA) is 58.5 Å². The number of hydrogen-bond donors (Lipinski definition) is 1. The van der Waals surface area contributed by atoms with Crippen molar-refractivity contribution in [3.05, 3.63) is 17.5 Å². The predicted molar refractivity (Wildman–Crippen MR) is 58.2 cm³/mol. The fourth-order valence-electron chi connectivity index (χ4n) is 1.17. The van der Waals surface area contributed by atoms with Crippen molar-refractivity contribution in [2.24, 2.45) is 0 Å². The molecule has 0 aromatic carbocycles. The third kappa shape index (κ3) is 3.99. The van der Waals surface area contributed by atoms with Crippen LogP contribution in [-0.2, 0) is 4.74 Å². The summed E-state index contributed by atoms with van der Waals surface area (Å²) in [5.41, 5.74) is 0. The quantitative estimate of drug-likeness (QED) is 0.726. The number of aromatic nitrogens is 2. The Morgan fingerprint density at radius 1 is 1.53 bits per heavy atom. The molecule has 0 aliphatic carbocycles. The van der Waals surface area contributed by atoms with Crippen LogP contribution in [-0.4, -0.2) is 48.5 Å². The van der Waals surface area contributed by atoms with E-state index in [4.69, 9.17) is 21.4 Å². The number of nitrogens with zero attached hydrogens (tertiary/aromatic N) is 3. The SMILES string of the molecule is COCCN(CCO)c1ccnc(Cl)n1. The lowest BCUT2D eigenvalue weighted by Gasteiger charge is -2.21. The van der Waals surface area contributed by atoms with Crippen LogP contribution in [0.1, 0.15) is 0 Å². The first-order chi connectivity index (χ1) is 7.27. The normalized spacial score (nSPS) is 10.3. The first-order valence-corrected chi connectivity index (χ1v) is 4.99. The van der Waals surface area contributed by atoms with E-state index in [0.29, 0.717) is 25.5 Å². The van der Waals surface area contributed by atoms with Crippen LogP contribution in [0.25, 0.3) is 0 Å². The van der Waals surface area contributed by atoms with Gasteiger partial charge in [0.25, 0.3) is 0 Å². The summed E-state index contributed by atoms with van der Waals surface area (Å²) in [6, 6.07) is 1.75. The Labute approximate surface area is 93.7 Å². The Morgan fingerprint density at radius 2 is 2.33 bits per heavy atom. The van der Waals surface area contributed by atoms with E-state index in [9.17, 15) is 0 Å². The first-order valence-electron chi connectivity index (χ1n) is 4.61. The van der Waals surface area contributed by atoms with E-state index in [0.717, 1.165) is 0 Å². The van der Waals surface area contributed by atoms with Crippen molar-refractivity contribution in [2.45, 2.75) is 0 Å². The predicted octanol–water partition coefficient (Wildman–Crippen LogP) is 0.575. The number of hydrogen-bond acceptors (Lipinski definition) is 5. The van der Waals surface area contributed by atoms with E-state index in [1.807, 2.05) is 4.90 Å². The molecule has 0 radical (unpaired) electrons. The minimum Gasteiger partial charge on any atom is -0.395 e. The van der Waals surface area contributed by atoms with Gasteiger partial charge in [-0.2, -0.15) is 0 Å². The molecule has 1 aromatic heterocycles. The Morgan fingerprint density at radius 3 is 2.93 bits per heavy atom. The summed E-state index contributed by atoms with van der Waals surface area (Å²) in [4.78, 5) is 9.74. The maximum absolute atomic E-state index is 8.91. The molecule has 0 spiro atoms. The van der Waals surface area contributed by atoms with E-state index in [1.54, 1.807) is 19.4 Å². The maximum Gasteiger partial charge on any atom is 0.224 e. The van der Waals surface area contributed by atoms with Gasteiger partial charge >= 0.3 is 0 Å². The number of methoxy groups -OCH3 is 1. The van der Waals surface area contributed by atoms with Gasteiger partial charge in [-0.1, -0.05) is 0 Å². The molecule has 0 atom stereocenters. The zero-order valence-electron chi connectivity index (χ0n) is 8.56. The summed E-state index contributed by atoms with van der Waals surface area (Å²) in [6.07, 6.45) is 1.59. The zero-order chi connectivity index (χ0) is 11.1. The third-order valence-corrected chi connectivity index (χ3v) is 2.05. The average Bonchev–Trinajstić information content (AvgIpc) is 2.24. The molecule has 0 amide bonds. The van der Waals surface area contributed by atoms with Gasteiger partial charge in [0.1, 0.15) is 5.82 Å². The minimum absolute atomic E-state index is 0.0608. The monoisotopic (exact) mass is 231 g/mol. The van der Waals surface area contributed by atoms with Gasteiger partial charge in [0.2, 0.25) is 5.28 Å². The maximum atomic E-state index is 8.91. The molecule has 1 N–H and O–H groups in total. The molecule has 5 nitrogen and oxygen atoms in total. The van der Waals surface area contributed by atoms with Crippen LogP contribution in [0, 0.1) is 0 Å². The molecule has 1 rings (SSSR count). The molecule has 15 heavy (non-hydrogen) atoms. The molecule has 6 heteroatoms. The highest BCUT2D eigenvalue weighted by molar-refractivity contribution is 6.28. The second-order valence-corrected chi connectivity index (χ2v) is 3.23. The van der Waals surface area contributed by atoms with Crippen molar-refractivity contribution in [1.82, 2.24) is 9.97 Å². The Hall–Kier alpha value is -0.910. The van der Waals surface area contributed by atoms with Gasteiger partial charge in [-0.25, -0.2) is 9.97 Å². The Kier molecular flexibility index (Phi) is 5.31. The standard InChI is InChI=1S/C9H14ClN3O2/c1-15-7-5-13(4-6-14)8-2-3-11-9(10)12-8/h2-3,14H,4-7H2,1H3. The third-order valence-electron chi connectivity index (χ3n) is 1.87. The number of ether oxygens (including phenoxy) is 1. The fourth-order valence-corrected chi connectivity index (χ4v) is 1.31. The van der Waals surface area contributed by atoms with Gasteiger partial charge in [0.05, 0.1) is 13.2 Å². The molecule has 0 saturated carbocycles. The molecule has 0 saturated heterocycles. The molecule has 0 bridgehead atoms. The van der Waals surface area contributed by atoms with Crippen LogP contribution in [0.2, 0.25) is 5.28 Å². The highest BCUT2D eigenvalue weighted by Gasteiger charge is 2.07. The van der Waals surface area contributed by atoms with Crippen molar-refractivity contribution >= 4 is 17.4 Å². The van der Waals surface area contributed by atoms with Crippen molar-refractivity contribution in [3.8, 4) is 0 Å². The molecule has 84 valence electrons. The van der Waals surface area contributed by atoms with Gasteiger partial charge in [-0.3, -0.25) is 0 Å². The number of aliphatic hydroxyl groups excluding tert-OH is 1. The van der Waals surface area contributed by atoms with Gasteiger partial charge in [0.15, 0.2) is 0 Å². The van der Waals surface area contributed by atoms with Crippen LogP contribution in [0.5, 0.6) is 0 Å². The summed E-state index contributed by atoms with van der Waals surface area (Å²) >= 11 is 5.68. The Balaban J connectivity index is 2.69. The van der Waals surface area contributed by atoms with Crippen LogP contribution in [0.3, 0.4) is 0 Å².